The fourth-order valence-corrected chi connectivity index (χ4v) is 7.87. The lowest BCUT2D eigenvalue weighted by Crippen LogP contribution is -2.46. The summed E-state index contributed by atoms with van der Waals surface area (Å²) < 4.78 is 5.89. The van der Waals surface area contributed by atoms with Gasteiger partial charge in [-0.3, -0.25) is 9.59 Å². The summed E-state index contributed by atoms with van der Waals surface area (Å²) in [7, 11) is 0. The molecule has 0 rings (SSSR count). The highest BCUT2D eigenvalue weighted by molar-refractivity contribution is 5.77. The molecule has 0 aromatic carbocycles. The Morgan fingerprint density at radius 1 is 0.477 bits per heavy atom. The number of amides is 1. The zero-order valence-electron chi connectivity index (χ0n) is 42.6. The van der Waals surface area contributed by atoms with Crippen LogP contribution in [0.5, 0.6) is 0 Å². The van der Waals surface area contributed by atoms with Crippen LogP contribution in [0.4, 0.5) is 0 Å². The molecule has 65 heavy (non-hydrogen) atoms. The number of hydrogen-bond donors (Lipinski definition) is 3. The van der Waals surface area contributed by atoms with Gasteiger partial charge in [-0.15, -0.1) is 0 Å². The molecule has 0 aromatic rings. The van der Waals surface area contributed by atoms with Gasteiger partial charge in [0, 0.05) is 6.42 Å². The number of allylic oxidation sites excluding steroid dienone is 14. The molecule has 6 heteroatoms. The van der Waals surface area contributed by atoms with E-state index in [9.17, 15) is 19.8 Å². The van der Waals surface area contributed by atoms with E-state index in [1.54, 1.807) is 0 Å². The molecule has 3 N–H and O–H groups in total. The highest BCUT2D eigenvalue weighted by atomic mass is 16.5. The second-order valence-electron chi connectivity index (χ2n) is 18.3. The van der Waals surface area contributed by atoms with Crippen molar-refractivity contribution in [2.45, 2.75) is 270 Å². The summed E-state index contributed by atoms with van der Waals surface area (Å²) in [6.07, 6.45) is 68.0. The number of hydrogen-bond acceptors (Lipinski definition) is 5. The molecule has 0 aliphatic heterocycles. The van der Waals surface area contributed by atoms with E-state index in [0.717, 1.165) is 77.0 Å². The molecule has 0 radical (unpaired) electrons. The Morgan fingerprint density at radius 2 is 0.892 bits per heavy atom. The number of rotatable bonds is 48. The van der Waals surface area contributed by atoms with Crippen LogP contribution in [0, 0.1) is 0 Å². The molecule has 0 bridgehead atoms. The van der Waals surface area contributed by atoms with Crippen molar-refractivity contribution in [2.75, 3.05) is 6.61 Å². The second kappa shape index (κ2) is 52.0. The van der Waals surface area contributed by atoms with Gasteiger partial charge in [0.1, 0.15) is 6.10 Å². The Hall–Kier alpha value is -2.96. The first kappa shape index (κ1) is 62.0. The number of carbonyl (C=O) groups excluding carboxylic acids is 2. The van der Waals surface area contributed by atoms with Crippen molar-refractivity contribution in [3.63, 3.8) is 0 Å². The Morgan fingerprint density at radius 3 is 1.37 bits per heavy atom. The van der Waals surface area contributed by atoms with Gasteiger partial charge in [0.15, 0.2) is 0 Å². The summed E-state index contributed by atoms with van der Waals surface area (Å²) in [5, 5.41) is 23.8. The average Bonchev–Trinajstić information content (AvgIpc) is 3.30. The van der Waals surface area contributed by atoms with Crippen LogP contribution in [0.25, 0.3) is 0 Å². The summed E-state index contributed by atoms with van der Waals surface area (Å²) in [6, 6.07) is -0.732. The van der Waals surface area contributed by atoms with E-state index >= 15 is 0 Å². The third-order valence-electron chi connectivity index (χ3n) is 12.0. The molecule has 0 spiro atoms. The van der Waals surface area contributed by atoms with Gasteiger partial charge in [-0.05, 0) is 83.5 Å². The van der Waals surface area contributed by atoms with Gasteiger partial charge in [-0.25, -0.2) is 0 Å². The van der Waals surface area contributed by atoms with E-state index in [4.69, 9.17) is 4.74 Å². The van der Waals surface area contributed by atoms with Crippen LogP contribution in [-0.4, -0.2) is 46.9 Å². The van der Waals surface area contributed by atoms with Gasteiger partial charge in [0.25, 0.3) is 0 Å². The highest BCUT2D eigenvalue weighted by Crippen LogP contribution is 2.17. The molecule has 1 amide bonds. The lowest BCUT2D eigenvalue weighted by molar-refractivity contribution is -0.151. The maximum Gasteiger partial charge on any atom is 0.306 e. The number of aliphatic hydroxyl groups excluding tert-OH is 2. The molecule has 0 aliphatic carbocycles. The summed E-state index contributed by atoms with van der Waals surface area (Å²) in [5.41, 5.74) is 0. The zero-order chi connectivity index (χ0) is 47.4. The van der Waals surface area contributed by atoms with Crippen LogP contribution in [-0.2, 0) is 14.3 Å². The molecule has 0 aliphatic rings. The van der Waals surface area contributed by atoms with E-state index in [2.05, 4.69) is 111 Å². The van der Waals surface area contributed by atoms with E-state index in [0.29, 0.717) is 25.7 Å². The molecule has 0 aromatic heterocycles. The summed E-state index contributed by atoms with van der Waals surface area (Å²) in [6.45, 7) is 6.35. The van der Waals surface area contributed by atoms with Gasteiger partial charge in [0.2, 0.25) is 5.91 Å². The van der Waals surface area contributed by atoms with Crippen LogP contribution in [0.2, 0.25) is 0 Å². The van der Waals surface area contributed by atoms with Crippen LogP contribution in [0.3, 0.4) is 0 Å². The third kappa shape index (κ3) is 47.3. The van der Waals surface area contributed by atoms with Crippen molar-refractivity contribution in [2.24, 2.45) is 0 Å². The Bertz CT molecular complexity index is 1250. The molecule has 3 atom stereocenters. The third-order valence-corrected chi connectivity index (χ3v) is 12.0. The fourth-order valence-electron chi connectivity index (χ4n) is 7.87. The van der Waals surface area contributed by atoms with Crippen molar-refractivity contribution < 1.29 is 24.5 Å². The SMILES string of the molecule is CC/C=C\C/C=C\C/C=C\C/C=C\C/C=C\CCCC(=O)OC(CCC/C=C/C=C/CCCCCCCCC)CC(=O)NC(CO)C(O)CCCCCCCCCCCCCCCCC. The average molecular weight is 906 g/mol. The summed E-state index contributed by atoms with van der Waals surface area (Å²) in [5.74, 6) is -0.592. The van der Waals surface area contributed by atoms with Gasteiger partial charge in [-0.1, -0.05) is 241 Å². The largest absolute Gasteiger partial charge is 0.462 e. The Balaban J connectivity index is 4.71. The van der Waals surface area contributed by atoms with Crippen LogP contribution in [0.15, 0.2) is 85.1 Å². The molecule has 0 saturated heterocycles. The number of esters is 1. The molecule has 0 heterocycles. The maximum atomic E-state index is 13.2. The second-order valence-corrected chi connectivity index (χ2v) is 18.3. The van der Waals surface area contributed by atoms with Crippen LogP contribution < -0.4 is 5.32 Å². The van der Waals surface area contributed by atoms with Crippen molar-refractivity contribution in [3.05, 3.63) is 85.1 Å². The predicted molar refractivity (Wildman–Crippen MR) is 282 cm³/mol. The quantitative estimate of drug-likeness (QED) is 0.0245. The first-order chi connectivity index (χ1) is 32.0. The highest BCUT2D eigenvalue weighted by Gasteiger charge is 2.24. The van der Waals surface area contributed by atoms with Crippen LogP contribution >= 0.6 is 0 Å². The standard InChI is InChI=1S/C59H103NO5/c1-4-7-10-13-16-19-22-25-28-29-31-34-37-40-43-46-49-52-59(64)65-55(50-47-44-41-38-35-32-27-24-21-18-15-12-9-6-3)53-58(63)60-56(54-61)57(62)51-48-45-42-39-36-33-30-26-23-20-17-14-11-8-5-2/h7,10,16,19,25,28,31-32,34-35,38,40-41,43,55-57,61-62H,4-6,8-9,11-15,17-18,20-24,26-27,29-30,33,36-37,39,42,44-54H2,1-3H3,(H,60,63)/b10-7-,19-16-,28-25-,34-31-,35-32+,41-38+,43-40-. The molecule has 0 fully saturated rings. The smallest absolute Gasteiger partial charge is 0.306 e. The van der Waals surface area contributed by atoms with Crippen molar-refractivity contribution >= 4 is 11.9 Å². The lowest BCUT2D eigenvalue weighted by atomic mass is 10.0. The summed E-state index contributed by atoms with van der Waals surface area (Å²) >= 11 is 0. The maximum absolute atomic E-state index is 13.2. The van der Waals surface area contributed by atoms with Gasteiger partial charge < -0.3 is 20.3 Å². The van der Waals surface area contributed by atoms with Crippen molar-refractivity contribution in [1.29, 1.82) is 0 Å². The minimum atomic E-state index is -0.813. The van der Waals surface area contributed by atoms with Crippen molar-refractivity contribution in [3.8, 4) is 0 Å². The first-order valence-corrected chi connectivity index (χ1v) is 27.3. The van der Waals surface area contributed by atoms with Gasteiger partial charge >= 0.3 is 5.97 Å². The zero-order valence-corrected chi connectivity index (χ0v) is 42.6. The van der Waals surface area contributed by atoms with E-state index in [1.165, 1.54) is 122 Å². The number of nitrogens with one attached hydrogen (secondary N) is 1. The lowest BCUT2D eigenvalue weighted by Gasteiger charge is -2.24. The van der Waals surface area contributed by atoms with E-state index in [1.807, 2.05) is 0 Å². The Kier molecular flexibility index (Phi) is 49.6. The number of unbranched alkanes of at least 4 members (excludes halogenated alkanes) is 23. The monoisotopic (exact) mass is 906 g/mol. The van der Waals surface area contributed by atoms with Crippen molar-refractivity contribution in [1.82, 2.24) is 5.32 Å². The molecule has 6 nitrogen and oxygen atoms in total. The minimum Gasteiger partial charge on any atom is -0.462 e. The summed E-state index contributed by atoms with van der Waals surface area (Å²) in [4.78, 5) is 26.2. The van der Waals surface area contributed by atoms with E-state index < -0.39 is 18.2 Å². The molecule has 374 valence electrons. The van der Waals surface area contributed by atoms with Crippen LogP contribution in [0.1, 0.15) is 252 Å². The molecule has 3 unspecified atom stereocenters. The van der Waals surface area contributed by atoms with E-state index in [-0.39, 0.29) is 24.9 Å². The number of ether oxygens (including phenoxy) is 1. The van der Waals surface area contributed by atoms with Gasteiger partial charge in [0.05, 0.1) is 25.2 Å². The first-order valence-electron chi connectivity index (χ1n) is 27.3. The normalized spacial score (nSPS) is 13.9. The number of carbonyl (C=O) groups is 2. The molecular weight excluding hydrogens is 803 g/mol. The molecule has 0 saturated carbocycles. The van der Waals surface area contributed by atoms with Gasteiger partial charge in [-0.2, -0.15) is 0 Å². The topological polar surface area (TPSA) is 95.9 Å². The minimum absolute atomic E-state index is 0.0186. The number of aliphatic hydroxyl groups is 2. The molecular formula is C59H103NO5. The predicted octanol–water partition coefficient (Wildman–Crippen LogP) is 16.7. The fraction of sp³-hybridized carbons (Fsp3) is 0.729. The Labute approximate surface area is 402 Å².